The monoisotopic (exact) mass is 888 g/mol. The molecule has 0 amide bonds. The zero-order valence-electron chi connectivity index (χ0n) is 37.4. The van der Waals surface area contributed by atoms with Gasteiger partial charge in [-0.15, -0.1) is 0 Å². The van der Waals surface area contributed by atoms with Crippen molar-refractivity contribution >= 4 is 97.8 Å². The first-order valence-electron chi connectivity index (χ1n) is 23.3. The Morgan fingerprint density at radius 2 is 1.00 bits per heavy atom. The molecule has 0 radical (unpaired) electrons. The van der Waals surface area contributed by atoms with Crippen LogP contribution in [0, 0.1) is 13.8 Å². The summed E-state index contributed by atoms with van der Waals surface area (Å²) in [5, 5.41) is 5.74. The van der Waals surface area contributed by atoms with Gasteiger partial charge in [0.1, 0.15) is 0 Å². The van der Waals surface area contributed by atoms with Gasteiger partial charge in [-0.3, -0.25) is 0 Å². The van der Waals surface area contributed by atoms with Gasteiger partial charge in [-0.1, -0.05) is 205 Å². The molecule has 0 atom stereocenters. The Kier molecular flexibility index (Phi) is 9.38. The van der Waals surface area contributed by atoms with Gasteiger partial charge >= 0.3 is 0 Å². The average Bonchev–Trinajstić information content (AvgIpc) is 3.67. The highest BCUT2D eigenvalue weighted by Gasteiger charge is 2.51. The van der Waals surface area contributed by atoms with Crippen LogP contribution in [0.5, 0.6) is 0 Å². The molecule has 3 heterocycles. The molecule has 0 fully saturated rings. The van der Waals surface area contributed by atoms with Crippen LogP contribution in [0.4, 0.5) is 34.1 Å². The zero-order valence-corrected chi connectivity index (χ0v) is 39.2. The fraction of sp³-hybridized carbons (Fsp3) is 0.0323. The molecule has 67 heavy (non-hydrogen) atoms. The van der Waals surface area contributed by atoms with Gasteiger partial charge < -0.3 is 9.80 Å². The number of fused-ring (bicyclic) bond motifs is 7. The van der Waals surface area contributed by atoms with Crippen LogP contribution >= 0.6 is 11.8 Å². The van der Waals surface area contributed by atoms with E-state index in [4.69, 9.17) is 0 Å². The predicted octanol–water partition coefficient (Wildman–Crippen LogP) is 11.6. The van der Waals surface area contributed by atoms with E-state index in [1.165, 1.54) is 97.4 Å². The second kappa shape index (κ2) is 15.8. The number of para-hydroxylation sites is 3. The lowest BCUT2D eigenvalue weighted by Gasteiger charge is -2.43. The van der Waals surface area contributed by atoms with Gasteiger partial charge in [0.2, 0.25) is 6.71 Å². The molecule has 10 aromatic carbocycles. The molecule has 0 unspecified atom stereocenters. The third-order valence-corrected chi connectivity index (χ3v) is 20.4. The molecule has 0 aromatic heterocycles. The Labute approximate surface area is 399 Å². The zero-order chi connectivity index (χ0) is 44.6. The maximum Gasteiger partial charge on any atom is 0.249 e. The normalized spacial score (nSPS) is 13.5. The van der Waals surface area contributed by atoms with Gasteiger partial charge in [0, 0.05) is 38.2 Å². The Morgan fingerprint density at radius 3 is 1.64 bits per heavy atom. The van der Waals surface area contributed by atoms with Crippen molar-refractivity contribution in [1.82, 2.24) is 0 Å². The van der Waals surface area contributed by atoms with Crippen molar-refractivity contribution < 1.29 is 0 Å². The van der Waals surface area contributed by atoms with Crippen LogP contribution in [0.25, 0.3) is 22.3 Å². The third kappa shape index (κ3) is 6.12. The molecule has 0 saturated carbocycles. The van der Waals surface area contributed by atoms with Gasteiger partial charge in [-0.25, -0.2) is 0 Å². The van der Waals surface area contributed by atoms with Gasteiger partial charge in [-0.2, -0.15) is 0 Å². The number of rotatable bonds is 7. The van der Waals surface area contributed by atoms with E-state index in [2.05, 4.69) is 260 Å². The highest BCUT2D eigenvalue weighted by molar-refractivity contribution is 8.00. The molecule has 0 N–H and O–H groups in total. The largest absolute Gasteiger partial charge is 0.311 e. The molecule has 10 aromatic rings. The van der Waals surface area contributed by atoms with E-state index in [9.17, 15) is 0 Å². The van der Waals surface area contributed by atoms with E-state index in [1.807, 2.05) is 11.8 Å². The number of anilines is 6. The molecule has 0 bridgehead atoms. The van der Waals surface area contributed by atoms with E-state index < -0.39 is 8.07 Å². The van der Waals surface area contributed by atoms with E-state index in [0.29, 0.717) is 0 Å². The summed E-state index contributed by atoms with van der Waals surface area (Å²) in [6.45, 7) is 4.56. The fourth-order valence-electron chi connectivity index (χ4n) is 11.6. The maximum atomic E-state index is 2.69. The van der Waals surface area contributed by atoms with Crippen molar-refractivity contribution in [2.24, 2.45) is 0 Å². The first kappa shape index (κ1) is 39.8. The summed E-state index contributed by atoms with van der Waals surface area (Å²) in [6.07, 6.45) is 0. The number of benzene rings is 10. The van der Waals surface area contributed by atoms with Crippen molar-refractivity contribution in [3.8, 4) is 22.3 Å². The molecule has 3 aliphatic heterocycles. The average molecular weight is 889 g/mol. The standard InChI is InChI=1S/C62H45BN2SSi/c1-42-21-20-22-43(2)62(42)65-55-40-52-51-33-18-19-34-59(51)67(49-29-14-6-15-30-49,50-31-16-7-17-32-50)60(52)41-54(55)63-53-36-35-45(44-23-8-3-9-24-44)37-57(53)66-58-39-48(38-56(65)61(58)63)64(46-25-10-4-11-26-46)47-27-12-5-13-28-47/h3-41H,1-2H3. The first-order chi connectivity index (χ1) is 33.1. The van der Waals surface area contributed by atoms with Crippen LogP contribution in [0.2, 0.25) is 0 Å². The summed E-state index contributed by atoms with van der Waals surface area (Å²) < 4.78 is 0. The van der Waals surface area contributed by atoms with Crippen molar-refractivity contribution in [1.29, 1.82) is 0 Å². The SMILES string of the molecule is Cc1cccc(C)c1N1c2cc3c(cc2B2c4ccc(-c5ccccc5)cc4Sc4cc(N(c5ccccc5)c5ccccc5)cc1c42)[Si](c1ccccc1)(c1ccccc1)c1ccccc1-3. The maximum absolute atomic E-state index is 2.81. The van der Waals surface area contributed by atoms with Crippen molar-refractivity contribution in [3.63, 3.8) is 0 Å². The quantitative estimate of drug-likeness (QED) is 0.147. The van der Waals surface area contributed by atoms with Crippen LogP contribution in [-0.2, 0) is 0 Å². The van der Waals surface area contributed by atoms with Gasteiger partial charge in [-0.05, 0) is 127 Å². The van der Waals surface area contributed by atoms with Gasteiger partial charge in [0.25, 0.3) is 0 Å². The minimum atomic E-state index is -2.81. The molecule has 13 rings (SSSR count). The smallest absolute Gasteiger partial charge is 0.249 e. The Balaban J connectivity index is 1.16. The predicted molar refractivity (Wildman–Crippen MR) is 289 cm³/mol. The topological polar surface area (TPSA) is 6.48 Å². The molecule has 316 valence electrons. The van der Waals surface area contributed by atoms with Crippen molar-refractivity contribution in [3.05, 3.63) is 248 Å². The molecule has 3 aliphatic rings. The number of hydrogen-bond acceptors (Lipinski definition) is 3. The Morgan fingerprint density at radius 1 is 0.418 bits per heavy atom. The summed E-state index contributed by atoms with van der Waals surface area (Å²) in [4.78, 5) is 7.66. The highest BCUT2D eigenvalue weighted by atomic mass is 32.2. The summed E-state index contributed by atoms with van der Waals surface area (Å²) in [5.41, 5.74) is 18.8. The number of aryl methyl sites for hydroxylation is 2. The third-order valence-electron chi connectivity index (χ3n) is 14.4. The van der Waals surface area contributed by atoms with Crippen molar-refractivity contribution in [2.75, 3.05) is 9.80 Å². The second-order valence-electron chi connectivity index (χ2n) is 18.1. The molecule has 5 heteroatoms. The molecule has 0 spiro atoms. The van der Waals surface area contributed by atoms with Gasteiger partial charge in [0.15, 0.2) is 8.07 Å². The first-order valence-corrected chi connectivity index (χ1v) is 26.1. The number of hydrogen-bond donors (Lipinski definition) is 0. The summed E-state index contributed by atoms with van der Waals surface area (Å²) in [6, 6.07) is 89.0. The number of nitrogens with zero attached hydrogens (tertiary/aromatic N) is 2. The van der Waals surface area contributed by atoms with Crippen molar-refractivity contribution in [2.45, 2.75) is 23.6 Å². The molecule has 0 aliphatic carbocycles. The van der Waals surface area contributed by atoms with Gasteiger partial charge in [0.05, 0.1) is 5.69 Å². The molecular weight excluding hydrogens is 844 g/mol. The van der Waals surface area contributed by atoms with Crippen LogP contribution in [-0.4, -0.2) is 14.8 Å². The Hall–Kier alpha value is -7.57. The second-order valence-corrected chi connectivity index (χ2v) is 22.9. The van der Waals surface area contributed by atoms with E-state index >= 15 is 0 Å². The van der Waals surface area contributed by atoms with Crippen LogP contribution < -0.4 is 46.9 Å². The van der Waals surface area contributed by atoms with Crippen LogP contribution in [0.15, 0.2) is 246 Å². The lowest BCUT2D eigenvalue weighted by Crippen LogP contribution is -2.73. The molecule has 0 saturated heterocycles. The fourth-order valence-corrected chi connectivity index (χ4v) is 18.0. The summed E-state index contributed by atoms with van der Waals surface area (Å²) in [5.74, 6) is 0. The highest BCUT2D eigenvalue weighted by Crippen LogP contribution is 2.48. The van der Waals surface area contributed by atoms with E-state index in [0.717, 1.165) is 17.1 Å². The van der Waals surface area contributed by atoms with E-state index in [-0.39, 0.29) is 6.71 Å². The lowest BCUT2D eigenvalue weighted by molar-refractivity contribution is 1.20. The minimum absolute atomic E-state index is 0.00939. The van der Waals surface area contributed by atoms with E-state index in [1.54, 1.807) is 0 Å². The summed E-state index contributed by atoms with van der Waals surface area (Å²) >= 11 is 1.92. The Bertz CT molecular complexity index is 3430. The molecular formula is C62H45BN2SSi. The van der Waals surface area contributed by atoms with Crippen LogP contribution in [0.1, 0.15) is 11.1 Å². The summed E-state index contributed by atoms with van der Waals surface area (Å²) in [7, 11) is -2.81. The van der Waals surface area contributed by atoms with Crippen LogP contribution in [0.3, 0.4) is 0 Å². The molecule has 2 nitrogen and oxygen atoms in total. The minimum Gasteiger partial charge on any atom is -0.311 e. The lowest BCUT2D eigenvalue weighted by atomic mass is 9.34.